The summed E-state index contributed by atoms with van der Waals surface area (Å²) < 4.78 is 18.8. The quantitative estimate of drug-likeness (QED) is 0.437. The Labute approximate surface area is 198 Å². The van der Waals surface area contributed by atoms with Crippen LogP contribution in [0.25, 0.3) is 11.3 Å². The maximum absolute atomic E-state index is 13.1. The number of carbonyl (C=O) groups excluding carboxylic acids is 2. The van der Waals surface area contributed by atoms with Gasteiger partial charge in [0, 0.05) is 11.5 Å². The molecular weight excluding hydrogens is 433 g/mol. The fourth-order valence-electron chi connectivity index (χ4n) is 3.55. The minimum Gasteiger partial charge on any atom is -0.457 e. The standard InChI is InChI=1S/C27H28FN3O3/c1-17(2)16-24(30-26(32)19-6-7-19)27(33)31-25-5-3-4-23(29-25)18-8-12-21(13-9-18)34-22-14-10-20(28)11-15-22/h3-5,8-15,17,19,24H,6-7,16H2,1-2H3,(H,30,32)(H,29,31,33)/t24-/m0/s1. The van der Waals surface area contributed by atoms with E-state index < -0.39 is 6.04 Å². The molecule has 2 amide bonds. The molecule has 1 fully saturated rings. The van der Waals surface area contributed by atoms with Crippen molar-refractivity contribution in [2.45, 2.75) is 39.2 Å². The molecule has 1 aromatic heterocycles. The van der Waals surface area contributed by atoms with Gasteiger partial charge in [-0.1, -0.05) is 19.9 Å². The van der Waals surface area contributed by atoms with Gasteiger partial charge in [-0.05, 0) is 85.8 Å². The fourth-order valence-corrected chi connectivity index (χ4v) is 3.55. The molecule has 1 aliphatic rings. The van der Waals surface area contributed by atoms with Gasteiger partial charge in [-0.25, -0.2) is 9.37 Å². The number of halogens is 1. The Morgan fingerprint density at radius 1 is 1.00 bits per heavy atom. The van der Waals surface area contributed by atoms with Crippen LogP contribution in [0.15, 0.2) is 66.7 Å². The lowest BCUT2D eigenvalue weighted by Gasteiger charge is -2.20. The Morgan fingerprint density at radius 2 is 1.65 bits per heavy atom. The first kappa shape index (κ1) is 23.4. The molecule has 1 atom stereocenters. The van der Waals surface area contributed by atoms with Gasteiger partial charge in [0.15, 0.2) is 0 Å². The van der Waals surface area contributed by atoms with Crippen molar-refractivity contribution in [1.29, 1.82) is 0 Å². The van der Waals surface area contributed by atoms with Crippen molar-refractivity contribution in [3.63, 3.8) is 0 Å². The maximum Gasteiger partial charge on any atom is 0.248 e. The van der Waals surface area contributed by atoms with Crippen molar-refractivity contribution in [2.24, 2.45) is 11.8 Å². The number of aromatic nitrogens is 1. The van der Waals surface area contributed by atoms with Crippen molar-refractivity contribution < 1.29 is 18.7 Å². The zero-order chi connectivity index (χ0) is 24.1. The van der Waals surface area contributed by atoms with E-state index in [4.69, 9.17) is 4.74 Å². The highest BCUT2D eigenvalue weighted by molar-refractivity contribution is 5.97. The Balaban J connectivity index is 1.42. The van der Waals surface area contributed by atoms with Gasteiger partial charge < -0.3 is 15.4 Å². The van der Waals surface area contributed by atoms with Crippen molar-refractivity contribution in [3.8, 4) is 22.8 Å². The molecule has 0 spiro atoms. The Hall–Kier alpha value is -3.74. The molecule has 0 unspecified atom stereocenters. The Kier molecular flexibility index (Phi) is 7.21. The second-order valence-corrected chi connectivity index (χ2v) is 8.94. The van der Waals surface area contributed by atoms with Crippen LogP contribution in [0.5, 0.6) is 11.5 Å². The van der Waals surface area contributed by atoms with Crippen molar-refractivity contribution in [2.75, 3.05) is 5.32 Å². The normalized spacial score (nSPS) is 13.9. The van der Waals surface area contributed by atoms with Gasteiger partial charge in [-0.3, -0.25) is 9.59 Å². The second kappa shape index (κ2) is 10.5. The summed E-state index contributed by atoms with van der Waals surface area (Å²) in [6, 6.07) is 18.0. The molecule has 0 saturated heterocycles. The van der Waals surface area contributed by atoms with Gasteiger partial charge in [-0.2, -0.15) is 0 Å². The summed E-state index contributed by atoms with van der Waals surface area (Å²) >= 11 is 0. The van der Waals surface area contributed by atoms with Crippen LogP contribution < -0.4 is 15.4 Å². The van der Waals surface area contributed by atoms with E-state index in [2.05, 4.69) is 15.6 Å². The molecule has 2 N–H and O–H groups in total. The van der Waals surface area contributed by atoms with Crippen LogP contribution in [-0.2, 0) is 9.59 Å². The molecule has 2 aromatic carbocycles. The lowest BCUT2D eigenvalue weighted by atomic mass is 10.0. The second-order valence-electron chi connectivity index (χ2n) is 8.94. The molecular formula is C27H28FN3O3. The van der Waals surface area contributed by atoms with E-state index in [9.17, 15) is 14.0 Å². The van der Waals surface area contributed by atoms with E-state index in [0.29, 0.717) is 29.4 Å². The number of ether oxygens (including phenoxy) is 1. The van der Waals surface area contributed by atoms with Gasteiger partial charge in [0.1, 0.15) is 29.2 Å². The highest BCUT2D eigenvalue weighted by atomic mass is 19.1. The maximum atomic E-state index is 13.1. The zero-order valence-corrected chi connectivity index (χ0v) is 19.3. The van der Waals surface area contributed by atoms with Gasteiger partial charge in [0.2, 0.25) is 11.8 Å². The first-order valence-corrected chi connectivity index (χ1v) is 11.5. The molecule has 4 rings (SSSR count). The number of hydrogen-bond donors (Lipinski definition) is 2. The summed E-state index contributed by atoms with van der Waals surface area (Å²) in [7, 11) is 0. The minimum absolute atomic E-state index is 0.0407. The number of amides is 2. The monoisotopic (exact) mass is 461 g/mol. The van der Waals surface area contributed by atoms with Crippen LogP contribution in [0, 0.1) is 17.7 Å². The number of hydrogen-bond acceptors (Lipinski definition) is 4. The van der Waals surface area contributed by atoms with Crippen molar-refractivity contribution in [1.82, 2.24) is 10.3 Å². The fraction of sp³-hybridized carbons (Fsp3) is 0.296. The first-order chi connectivity index (χ1) is 16.4. The van der Waals surface area contributed by atoms with Crippen LogP contribution in [0.1, 0.15) is 33.1 Å². The summed E-state index contributed by atoms with van der Waals surface area (Å²) in [5.41, 5.74) is 1.54. The Bertz CT molecular complexity index is 1140. The highest BCUT2D eigenvalue weighted by Crippen LogP contribution is 2.29. The molecule has 0 bridgehead atoms. The van der Waals surface area contributed by atoms with Crippen LogP contribution >= 0.6 is 0 Å². The summed E-state index contributed by atoms with van der Waals surface area (Å²) in [5.74, 6) is 1.24. The van der Waals surface area contributed by atoms with Gasteiger partial charge in [-0.15, -0.1) is 0 Å². The zero-order valence-electron chi connectivity index (χ0n) is 19.3. The molecule has 3 aromatic rings. The molecule has 0 aliphatic heterocycles. The average Bonchev–Trinajstić information content (AvgIpc) is 3.66. The number of pyridine rings is 1. The molecule has 1 aliphatic carbocycles. The van der Waals surface area contributed by atoms with E-state index in [1.54, 1.807) is 30.3 Å². The van der Waals surface area contributed by atoms with Crippen LogP contribution in [-0.4, -0.2) is 22.8 Å². The summed E-state index contributed by atoms with van der Waals surface area (Å²) in [5, 5.41) is 5.74. The van der Waals surface area contributed by atoms with Gasteiger partial charge in [0.05, 0.1) is 5.69 Å². The number of rotatable bonds is 9. The molecule has 176 valence electrons. The van der Waals surface area contributed by atoms with Crippen LogP contribution in [0.3, 0.4) is 0 Å². The Morgan fingerprint density at radius 3 is 2.26 bits per heavy atom. The minimum atomic E-state index is -0.596. The highest BCUT2D eigenvalue weighted by Gasteiger charge is 2.32. The number of carbonyl (C=O) groups is 2. The molecule has 6 nitrogen and oxygen atoms in total. The molecule has 1 heterocycles. The lowest BCUT2D eigenvalue weighted by Crippen LogP contribution is -2.45. The van der Waals surface area contributed by atoms with E-state index in [0.717, 1.165) is 18.4 Å². The van der Waals surface area contributed by atoms with E-state index in [1.807, 2.05) is 38.1 Å². The molecule has 7 heteroatoms. The SMILES string of the molecule is CC(C)C[C@H](NC(=O)C1CC1)C(=O)Nc1cccc(-c2ccc(Oc3ccc(F)cc3)cc2)n1. The summed E-state index contributed by atoms with van der Waals surface area (Å²) in [6.07, 6.45) is 2.33. The summed E-state index contributed by atoms with van der Waals surface area (Å²) in [4.78, 5) is 29.7. The smallest absolute Gasteiger partial charge is 0.248 e. The number of nitrogens with zero attached hydrogens (tertiary/aromatic N) is 1. The average molecular weight is 462 g/mol. The molecule has 0 radical (unpaired) electrons. The van der Waals surface area contributed by atoms with E-state index >= 15 is 0 Å². The predicted molar refractivity (Wildman–Crippen MR) is 129 cm³/mol. The van der Waals surface area contributed by atoms with E-state index in [-0.39, 0.29) is 29.5 Å². The third-order valence-electron chi connectivity index (χ3n) is 5.49. The predicted octanol–water partition coefficient (Wildman–Crippen LogP) is 5.56. The van der Waals surface area contributed by atoms with Gasteiger partial charge in [0.25, 0.3) is 0 Å². The van der Waals surface area contributed by atoms with Crippen LogP contribution in [0.4, 0.5) is 10.2 Å². The third-order valence-corrected chi connectivity index (χ3v) is 5.49. The van der Waals surface area contributed by atoms with Crippen LogP contribution in [0.2, 0.25) is 0 Å². The first-order valence-electron chi connectivity index (χ1n) is 11.5. The van der Waals surface area contributed by atoms with Crippen molar-refractivity contribution in [3.05, 3.63) is 72.5 Å². The molecule has 34 heavy (non-hydrogen) atoms. The topological polar surface area (TPSA) is 80.3 Å². The third kappa shape index (κ3) is 6.41. The number of benzene rings is 2. The lowest BCUT2D eigenvalue weighted by molar-refractivity contribution is -0.127. The molecule has 1 saturated carbocycles. The van der Waals surface area contributed by atoms with Crippen molar-refractivity contribution >= 4 is 17.6 Å². The summed E-state index contributed by atoms with van der Waals surface area (Å²) in [6.45, 7) is 4.04. The van der Waals surface area contributed by atoms with Gasteiger partial charge >= 0.3 is 0 Å². The number of nitrogens with one attached hydrogen (secondary N) is 2. The van der Waals surface area contributed by atoms with E-state index in [1.165, 1.54) is 12.1 Å². The largest absolute Gasteiger partial charge is 0.457 e. The number of anilines is 1.